The summed E-state index contributed by atoms with van der Waals surface area (Å²) < 4.78 is 107. The molecule has 2 aromatic carbocycles. The van der Waals surface area contributed by atoms with Gasteiger partial charge in [0.1, 0.15) is 11.6 Å². The first-order chi connectivity index (χ1) is 13.5. The summed E-state index contributed by atoms with van der Waals surface area (Å²) >= 11 is 0.688. The second-order valence-electron chi connectivity index (χ2n) is 5.81. The summed E-state index contributed by atoms with van der Waals surface area (Å²) in [6.07, 6.45) is -8.30. The average Bonchev–Trinajstić information content (AvgIpc) is 3.09. The smallest absolute Gasteiger partial charge is 0.360 e. The van der Waals surface area contributed by atoms with E-state index >= 15 is 0 Å². The quantitative estimate of drug-likeness (QED) is 0.335. The molecular weight excluding hydrogens is 428 g/mol. The minimum atomic E-state index is -5.04. The van der Waals surface area contributed by atoms with E-state index in [9.17, 15) is 35.1 Å². The molecule has 0 aliphatic carbocycles. The predicted molar refractivity (Wildman–Crippen MR) is 92.1 cm³/mol. The SMILES string of the molecule is Fc1cc(C(F)(F)F)c(F)cc1NSc1c[nH]c(-c2ccccc2C(F)(F)F)c1. The zero-order valence-corrected chi connectivity index (χ0v) is 14.9. The van der Waals surface area contributed by atoms with E-state index in [2.05, 4.69) is 9.71 Å². The third-order valence-corrected chi connectivity index (χ3v) is 4.61. The molecule has 0 saturated carbocycles. The zero-order valence-electron chi connectivity index (χ0n) is 14.1. The lowest BCUT2D eigenvalue weighted by Crippen LogP contribution is -2.09. The minimum absolute atomic E-state index is 0.0281. The number of halogens is 8. The van der Waals surface area contributed by atoms with Crippen LogP contribution in [0.4, 0.5) is 40.8 Å². The highest BCUT2D eigenvalue weighted by molar-refractivity contribution is 8.00. The molecule has 0 unspecified atom stereocenters. The second-order valence-corrected chi connectivity index (χ2v) is 6.69. The van der Waals surface area contributed by atoms with Gasteiger partial charge >= 0.3 is 12.4 Å². The summed E-state index contributed by atoms with van der Waals surface area (Å²) in [6, 6.07) is 6.58. The Bertz CT molecular complexity index is 1020. The van der Waals surface area contributed by atoms with Gasteiger partial charge in [-0.05, 0) is 30.1 Å². The Hall–Kier alpha value is -2.69. The topological polar surface area (TPSA) is 27.8 Å². The van der Waals surface area contributed by atoms with Crippen molar-refractivity contribution in [3.05, 3.63) is 71.4 Å². The Morgan fingerprint density at radius 3 is 2.10 bits per heavy atom. The first-order valence-electron chi connectivity index (χ1n) is 7.81. The van der Waals surface area contributed by atoms with Crippen LogP contribution in [0.3, 0.4) is 0 Å². The molecule has 0 bridgehead atoms. The van der Waals surface area contributed by atoms with Crippen molar-refractivity contribution in [3.8, 4) is 11.3 Å². The van der Waals surface area contributed by atoms with E-state index in [1.807, 2.05) is 0 Å². The molecular formula is C18H10F8N2S. The lowest BCUT2D eigenvalue weighted by atomic mass is 10.0. The first kappa shape index (κ1) is 21.0. The van der Waals surface area contributed by atoms with E-state index in [1.54, 1.807) is 0 Å². The number of anilines is 1. The Morgan fingerprint density at radius 1 is 0.793 bits per heavy atom. The maximum absolute atomic E-state index is 13.8. The van der Waals surface area contributed by atoms with Gasteiger partial charge in [-0.25, -0.2) is 8.78 Å². The molecule has 0 fully saturated rings. The standard InChI is InChI=1S/C18H10F8N2S/c19-13-7-16(14(20)6-12(13)18(24,25)26)28-29-9-5-15(27-8-9)10-3-1-2-4-11(10)17(21,22)23/h1-8,27-28H. The molecule has 0 radical (unpaired) electrons. The van der Waals surface area contributed by atoms with Crippen LogP contribution >= 0.6 is 11.9 Å². The molecule has 0 saturated heterocycles. The van der Waals surface area contributed by atoms with Crippen molar-refractivity contribution in [2.45, 2.75) is 17.2 Å². The van der Waals surface area contributed by atoms with Crippen LogP contribution in [0.5, 0.6) is 0 Å². The fourth-order valence-corrected chi connectivity index (χ4v) is 3.19. The molecule has 0 spiro atoms. The number of nitrogens with one attached hydrogen (secondary N) is 2. The Balaban J connectivity index is 1.80. The molecule has 1 heterocycles. The Kier molecular flexibility index (Phi) is 5.52. The highest BCUT2D eigenvalue weighted by Crippen LogP contribution is 2.38. The van der Waals surface area contributed by atoms with Gasteiger partial charge in [-0.15, -0.1) is 0 Å². The van der Waals surface area contributed by atoms with Crippen LogP contribution in [0.2, 0.25) is 0 Å². The molecule has 3 rings (SSSR count). The van der Waals surface area contributed by atoms with E-state index < -0.39 is 40.8 Å². The minimum Gasteiger partial charge on any atom is -0.360 e. The normalized spacial score (nSPS) is 12.3. The van der Waals surface area contributed by atoms with Crippen LogP contribution in [0, 0.1) is 11.6 Å². The second kappa shape index (κ2) is 7.62. The summed E-state index contributed by atoms with van der Waals surface area (Å²) in [7, 11) is 0. The van der Waals surface area contributed by atoms with E-state index in [0.29, 0.717) is 22.9 Å². The summed E-state index contributed by atoms with van der Waals surface area (Å²) in [5.74, 6) is -2.99. The number of rotatable bonds is 4. The van der Waals surface area contributed by atoms with Crippen LogP contribution < -0.4 is 4.72 Å². The van der Waals surface area contributed by atoms with Gasteiger partial charge in [-0.2, -0.15) is 26.3 Å². The van der Waals surface area contributed by atoms with Gasteiger partial charge in [0.25, 0.3) is 0 Å². The highest BCUT2D eigenvalue weighted by Gasteiger charge is 2.35. The maximum atomic E-state index is 13.8. The molecule has 154 valence electrons. The highest BCUT2D eigenvalue weighted by atomic mass is 32.2. The van der Waals surface area contributed by atoms with Gasteiger partial charge in [0.05, 0.1) is 16.8 Å². The van der Waals surface area contributed by atoms with Crippen LogP contribution in [-0.4, -0.2) is 4.98 Å². The molecule has 2 nitrogen and oxygen atoms in total. The van der Waals surface area contributed by atoms with Crippen molar-refractivity contribution >= 4 is 17.6 Å². The number of aromatic amines is 1. The molecule has 0 amide bonds. The maximum Gasteiger partial charge on any atom is 0.419 e. The number of alkyl halides is 6. The van der Waals surface area contributed by atoms with E-state index in [4.69, 9.17) is 0 Å². The average molecular weight is 438 g/mol. The fraction of sp³-hybridized carbons (Fsp3) is 0.111. The molecule has 3 aromatic rings. The summed E-state index contributed by atoms with van der Waals surface area (Å²) in [4.78, 5) is 2.95. The van der Waals surface area contributed by atoms with Gasteiger partial charge in [0.2, 0.25) is 0 Å². The molecule has 29 heavy (non-hydrogen) atoms. The summed E-state index contributed by atoms with van der Waals surface area (Å²) in [6.45, 7) is 0. The van der Waals surface area contributed by atoms with Crippen LogP contribution in [0.15, 0.2) is 53.6 Å². The van der Waals surface area contributed by atoms with E-state index in [0.717, 1.165) is 6.07 Å². The van der Waals surface area contributed by atoms with Crippen molar-refractivity contribution in [1.29, 1.82) is 0 Å². The van der Waals surface area contributed by atoms with Crippen LogP contribution in [0.25, 0.3) is 11.3 Å². The first-order valence-corrected chi connectivity index (χ1v) is 8.62. The van der Waals surface area contributed by atoms with Crippen molar-refractivity contribution < 1.29 is 35.1 Å². The van der Waals surface area contributed by atoms with Crippen molar-refractivity contribution in [2.75, 3.05) is 4.72 Å². The number of hydrogen-bond acceptors (Lipinski definition) is 2. The molecule has 0 aliphatic heterocycles. The third kappa shape index (κ3) is 4.66. The lowest BCUT2D eigenvalue weighted by Gasteiger charge is -2.11. The third-order valence-electron chi connectivity index (χ3n) is 3.82. The van der Waals surface area contributed by atoms with E-state index in [1.165, 1.54) is 30.5 Å². The van der Waals surface area contributed by atoms with Gasteiger partial charge in [-0.3, -0.25) is 0 Å². The summed E-state index contributed by atoms with van der Waals surface area (Å²) in [5.41, 5.74) is -3.13. The molecule has 0 atom stereocenters. The van der Waals surface area contributed by atoms with Crippen LogP contribution in [0.1, 0.15) is 11.1 Å². The lowest BCUT2D eigenvalue weighted by molar-refractivity contribution is -0.140. The monoisotopic (exact) mass is 438 g/mol. The van der Waals surface area contributed by atoms with Gasteiger partial charge in [0.15, 0.2) is 0 Å². The van der Waals surface area contributed by atoms with Crippen LogP contribution in [-0.2, 0) is 12.4 Å². The molecule has 0 aliphatic rings. The predicted octanol–water partition coefficient (Wildman–Crippen LogP) is 7.12. The Labute approximate surface area is 163 Å². The number of benzene rings is 2. The number of aromatic nitrogens is 1. The fourth-order valence-electron chi connectivity index (χ4n) is 2.51. The molecule has 1 aromatic heterocycles. The van der Waals surface area contributed by atoms with Gasteiger partial charge in [0, 0.05) is 28.4 Å². The van der Waals surface area contributed by atoms with Crippen molar-refractivity contribution in [1.82, 2.24) is 4.98 Å². The molecule has 11 heteroatoms. The van der Waals surface area contributed by atoms with E-state index in [-0.39, 0.29) is 17.3 Å². The summed E-state index contributed by atoms with van der Waals surface area (Å²) in [5, 5.41) is 0. The van der Waals surface area contributed by atoms with Gasteiger partial charge in [-0.1, -0.05) is 18.2 Å². The van der Waals surface area contributed by atoms with Crippen molar-refractivity contribution in [3.63, 3.8) is 0 Å². The van der Waals surface area contributed by atoms with Gasteiger partial charge < -0.3 is 9.71 Å². The number of H-pyrrole nitrogens is 1. The van der Waals surface area contributed by atoms with Crippen molar-refractivity contribution in [2.24, 2.45) is 0 Å². The zero-order chi connectivity index (χ0) is 21.4. The Morgan fingerprint density at radius 2 is 1.45 bits per heavy atom. The number of hydrogen-bond donors (Lipinski definition) is 2. The molecule has 2 N–H and O–H groups in total. The largest absolute Gasteiger partial charge is 0.419 e.